The molecule has 0 aliphatic rings. The van der Waals surface area contributed by atoms with Crippen LogP contribution in [-0.4, -0.2) is 4.98 Å². The molecule has 0 N–H and O–H groups in total. The first-order chi connectivity index (χ1) is 9.90. The van der Waals surface area contributed by atoms with Gasteiger partial charge in [0.05, 0.1) is 10.0 Å². The zero-order valence-electron chi connectivity index (χ0n) is 11.5. The van der Waals surface area contributed by atoms with Crippen LogP contribution in [0.25, 0.3) is 0 Å². The molecule has 6 heteroatoms. The van der Waals surface area contributed by atoms with E-state index in [1.165, 1.54) is 0 Å². The highest BCUT2D eigenvalue weighted by Gasteiger charge is 2.11. The van der Waals surface area contributed by atoms with E-state index in [4.69, 9.17) is 39.5 Å². The predicted octanol–water partition coefficient (Wildman–Crippen LogP) is 6.81. The van der Waals surface area contributed by atoms with Gasteiger partial charge in [-0.25, -0.2) is 4.98 Å². The van der Waals surface area contributed by atoms with Crippen LogP contribution < -0.4 is 4.74 Å². The van der Waals surface area contributed by atoms with Crippen molar-refractivity contribution in [3.8, 4) is 11.6 Å². The molecule has 2 nitrogen and oxygen atoms in total. The Balaban J connectivity index is 2.39. The van der Waals surface area contributed by atoms with Crippen LogP contribution in [0.15, 0.2) is 28.7 Å². The second kappa shape index (κ2) is 7.19. The number of hydrogen-bond acceptors (Lipinski definition) is 2. The first-order valence-electron chi connectivity index (χ1n) is 6.30. The normalized spacial score (nSPS) is 11.0. The van der Waals surface area contributed by atoms with Gasteiger partial charge in [0.2, 0.25) is 5.88 Å². The van der Waals surface area contributed by atoms with Gasteiger partial charge in [0.1, 0.15) is 5.75 Å². The Bertz CT molecular complexity index is 662. The third-order valence-electron chi connectivity index (χ3n) is 2.82. The summed E-state index contributed by atoms with van der Waals surface area (Å²) < 4.78 is 6.49. The highest BCUT2D eigenvalue weighted by molar-refractivity contribution is 9.10. The summed E-state index contributed by atoms with van der Waals surface area (Å²) in [7, 11) is 0. The van der Waals surface area contributed by atoms with Crippen molar-refractivity contribution in [3.05, 3.63) is 50.0 Å². The lowest BCUT2D eigenvalue weighted by Gasteiger charge is -2.12. The van der Waals surface area contributed by atoms with Crippen molar-refractivity contribution >= 4 is 50.7 Å². The Morgan fingerprint density at radius 1 is 1.14 bits per heavy atom. The Hall–Kier alpha value is -0.480. The van der Waals surface area contributed by atoms with E-state index >= 15 is 0 Å². The molecule has 0 aliphatic heterocycles. The largest absolute Gasteiger partial charge is 0.437 e. The molecule has 0 unspecified atom stereocenters. The SMILES string of the molecule is CC(C)c1cc(CCl)cc(Oc2cc(Cl)c(Br)cc2Cl)n1. The van der Waals surface area contributed by atoms with Crippen LogP contribution in [-0.2, 0) is 5.88 Å². The van der Waals surface area contributed by atoms with Crippen LogP contribution in [0.4, 0.5) is 0 Å². The lowest BCUT2D eigenvalue weighted by Crippen LogP contribution is -1.98. The van der Waals surface area contributed by atoms with E-state index in [9.17, 15) is 0 Å². The van der Waals surface area contributed by atoms with Crippen molar-refractivity contribution in [2.75, 3.05) is 0 Å². The van der Waals surface area contributed by atoms with Gasteiger partial charge < -0.3 is 4.74 Å². The number of hydrogen-bond donors (Lipinski definition) is 0. The maximum absolute atomic E-state index is 6.16. The van der Waals surface area contributed by atoms with Crippen LogP contribution in [0.2, 0.25) is 10.0 Å². The van der Waals surface area contributed by atoms with Crippen LogP contribution in [0.1, 0.15) is 31.0 Å². The fourth-order valence-electron chi connectivity index (χ4n) is 1.70. The monoisotopic (exact) mass is 407 g/mol. The van der Waals surface area contributed by atoms with Crippen molar-refractivity contribution in [1.29, 1.82) is 0 Å². The van der Waals surface area contributed by atoms with E-state index in [1.54, 1.807) is 18.2 Å². The van der Waals surface area contributed by atoms with E-state index in [1.807, 2.05) is 6.07 Å². The van der Waals surface area contributed by atoms with Gasteiger partial charge in [-0.15, -0.1) is 11.6 Å². The van der Waals surface area contributed by atoms with Gasteiger partial charge in [0.25, 0.3) is 0 Å². The summed E-state index contributed by atoms with van der Waals surface area (Å²) >= 11 is 21.5. The molecular formula is C15H13BrCl3NO. The molecule has 0 saturated heterocycles. The van der Waals surface area contributed by atoms with Crippen molar-refractivity contribution in [3.63, 3.8) is 0 Å². The number of halogens is 4. The summed E-state index contributed by atoms with van der Waals surface area (Å²) in [5.74, 6) is 1.59. The molecule has 0 amide bonds. The Morgan fingerprint density at radius 3 is 2.48 bits per heavy atom. The van der Waals surface area contributed by atoms with Crippen molar-refractivity contribution in [1.82, 2.24) is 4.98 Å². The van der Waals surface area contributed by atoms with Crippen LogP contribution in [0.3, 0.4) is 0 Å². The molecule has 2 rings (SSSR count). The zero-order valence-corrected chi connectivity index (χ0v) is 15.3. The number of benzene rings is 1. The maximum atomic E-state index is 6.16. The highest BCUT2D eigenvalue weighted by Crippen LogP contribution is 2.36. The van der Waals surface area contributed by atoms with Crippen LogP contribution in [0.5, 0.6) is 11.6 Å². The maximum Gasteiger partial charge on any atom is 0.219 e. The third-order valence-corrected chi connectivity index (χ3v) is 4.62. The molecule has 2 aromatic rings. The van der Waals surface area contributed by atoms with Gasteiger partial charge >= 0.3 is 0 Å². The zero-order chi connectivity index (χ0) is 15.6. The summed E-state index contributed by atoms with van der Waals surface area (Å²) in [4.78, 5) is 4.48. The van der Waals surface area contributed by atoms with Gasteiger partial charge in [0, 0.05) is 28.2 Å². The minimum absolute atomic E-state index is 0.277. The number of nitrogens with zero attached hydrogens (tertiary/aromatic N) is 1. The molecule has 1 heterocycles. The number of alkyl halides is 1. The molecule has 1 aromatic carbocycles. The first-order valence-corrected chi connectivity index (χ1v) is 8.38. The second-order valence-corrected chi connectivity index (χ2v) is 6.76. The topological polar surface area (TPSA) is 22.1 Å². The average Bonchev–Trinajstić information content (AvgIpc) is 2.44. The molecule has 0 aliphatic carbocycles. The minimum atomic E-state index is 0.277. The van der Waals surface area contributed by atoms with Gasteiger partial charge in [-0.2, -0.15) is 0 Å². The van der Waals surface area contributed by atoms with Gasteiger partial charge in [-0.3, -0.25) is 0 Å². The molecule has 112 valence electrons. The summed E-state index contributed by atoms with van der Waals surface area (Å²) in [5, 5.41) is 0.974. The third kappa shape index (κ3) is 4.26. The second-order valence-electron chi connectivity index (χ2n) is 4.83. The predicted molar refractivity (Wildman–Crippen MR) is 92.1 cm³/mol. The van der Waals surface area contributed by atoms with Crippen LogP contribution >= 0.6 is 50.7 Å². The highest BCUT2D eigenvalue weighted by atomic mass is 79.9. The van der Waals surface area contributed by atoms with Crippen LogP contribution in [0, 0.1) is 0 Å². The summed E-state index contributed by atoms with van der Waals surface area (Å²) in [6, 6.07) is 7.11. The standard InChI is InChI=1S/C15H13BrCl3NO/c1-8(2)13-3-9(7-17)4-15(20-13)21-14-6-11(18)10(16)5-12(14)19/h3-6,8H,7H2,1-2H3. The van der Waals surface area contributed by atoms with Crippen molar-refractivity contribution < 1.29 is 4.74 Å². The summed E-state index contributed by atoms with van der Waals surface area (Å²) in [5.41, 5.74) is 1.87. The Labute approximate surface area is 147 Å². The number of rotatable bonds is 4. The molecule has 0 fully saturated rings. The number of aromatic nitrogens is 1. The lowest BCUT2D eigenvalue weighted by atomic mass is 10.1. The van der Waals surface area contributed by atoms with E-state index in [-0.39, 0.29) is 5.92 Å². The summed E-state index contributed by atoms with van der Waals surface area (Å²) in [6.45, 7) is 4.13. The minimum Gasteiger partial charge on any atom is -0.437 e. The molecule has 0 atom stereocenters. The van der Waals surface area contributed by atoms with Crippen molar-refractivity contribution in [2.24, 2.45) is 0 Å². The van der Waals surface area contributed by atoms with Gasteiger partial charge in [-0.05, 0) is 39.5 Å². The fourth-order valence-corrected chi connectivity index (χ4v) is 2.69. The van der Waals surface area contributed by atoms with E-state index in [2.05, 4.69) is 34.8 Å². The fraction of sp³-hybridized carbons (Fsp3) is 0.267. The molecule has 1 aromatic heterocycles. The molecule has 21 heavy (non-hydrogen) atoms. The van der Waals surface area contributed by atoms with Gasteiger partial charge in [0.15, 0.2) is 0 Å². The number of pyridine rings is 1. The first kappa shape index (κ1) is 16.9. The Morgan fingerprint density at radius 2 is 1.86 bits per heavy atom. The van der Waals surface area contributed by atoms with Crippen molar-refractivity contribution in [2.45, 2.75) is 25.6 Å². The van der Waals surface area contributed by atoms with E-state index in [0.717, 1.165) is 11.3 Å². The summed E-state index contributed by atoms with van der Waals surface area (Å²) in [6.07, 6.45) is 0. The molecule has 0 radical (unpaired) electrons. The molecule has 0 spiro atoms. The van der Waals surface area contributed by atoms with E-state index in [0.29, 0.717) is 32.0 Å². The van der Waals surface area contributed by atoms with E-state index < -0.39 is 0 Å². The average molecular weight is 410 g/mol. The molecule has 0 saturated carbocycles. The number of ether oxygens (including phenoxy) is 1. The smallest absolute Gasteiger partial charge is 0.219 e. The van der Waals surface area contributed by atoms with Gasteiger partial charge in [-0.1, -0.05) is 37.0 Å². The Kier molecular flexibility index (Phi) is 5.78. The lowest BCUT2D eigenvalue weighted by molar-refractivity contribution is 0.459. The quantitative estimate of drug-likeness (QED) is 0.409. The molecular weight excluding hydrogens is 396 g/mol. The molecule has 0 bridgehead atoms.